The van der Waals surface area contributed by atoms with Gasteiger partial charge in [0.1, 0.15) is 17.5 Å². The van der Waals surface area contributed by atoms with Crippen molar-refractivity contribution in [2.75, 3.05) is 13.7 Å². The van der Waals surface area contributed by atoms with Gasteiger partial charge in [0.25, 0.3) is 5.91 Å². The Bertz CT molecular complexity index is 710. The molecule has 1 amide bonds. The Morgan fingerprint density at radius 1 is 1.40 bits per heavy atom. The molecule has 2 aromatic rings. The molecule has 20 heavy (non-hydrogen) atoms. The fourth-order valence-corrected chi connectivity index (χ4v) is 2.31. The molecule has 1 aliphatic heterocycles. The van der Waals surface area contributed by atoms with E-state index in [2.05, 4.69) is 16.5 Å². The number of methoxy groups -OCH3 is 1. The molecule has 2 heterocycles. The third-order valence-corrected chi connectivity index (χ3v) is 3.28. The summed E-state index contributed by atoms with van der Waals surface area (Å²) in [5.41, 5.74) is 2.19. The van der Waals surface area contributed by atoms with Gasteiger partial charge in [-0.15, -0.1) is 0 Å². The van der Waals surface area contributed by atoms with E-state index in [1.807, 2.05) is 0 Å². The number of aromatic nitrogens is 2. The molecule has 0 saturated heterocycles. The number of carbonyl (C=O) groups is 1. The van der Waals surface area contributed by atoms with Gasteiger partial charge in [-0.25, -0.2) is 4.68 Å². The minimum atomic E-state index is -0.198. The van der Waals surface area contributed by atoms with Crippen molar-refractivity contribution in [1.82, 2.24) is 15.1 Å². The van der Waals surface area contributed by atoms with Crippen LogP contribution in [-0.4, -0.2) is 29.3 Å². The van der Waals surface area contributed by atoms with Gasteiger partial charge in [-0.2, -0.15) is 10.4 Å². The number of nitriles is 1. The maximum atomic E-state index is 12.0. The van der Waals surface area contributed by atoms with Crippen LogP contribution in [-0.2, 0) is 6.42 Å². The van der Waals surface area contributed by atoms with E-state index in [1.54, 1.807) is 31.4 Å². The summed E-state index contributed by atoms with van der Waals surface area (Å²) in [5.74, 6) is 0.524. The highest BCUT2D eigenvalue weighted by Gasteiger charge is 2.27. The first-order valence-corrected chi connectivity index (χ1v) is 6.19. The molecule has 0 radical (unpaired) electrons. The van der Waals surface area contributed by atoms with Gasteiger partial charge < -0.3 is 10.1 Å². The first kappa shape index (κ1) is 12.2. The van der Waals surface area contributed by atoms with Crippen LogP contribution >= 0.6 is 0 Å². The molecule has 0 bridgehead atoms. The Hall–Kier alpha value is -2.81. The van der Waals surface area contributed by atoms with Crippen LogP contribution in [0.4, 0.5) is 0 Å². The number of carbonyl (C=O) groups excluding carboxylic acids is 1. The zero-order valence-electron chi connectivity index (χ0n) is 10.9. The molecule has 0 spiro atoms. The second-order valence-electron chi connectivity index (χ2n) is 4.40. The molecule has 0 aliphatic carbocycles. The number of hydrogen-bond acceptors (Lipinski definition) is 4. The largest absolute Gasteiger partial charge is 0.497 e. The van der Waals surface area contributed by atoms with Gasteiger partial charge in [0.15, 0.2) is 5.69 Å². The van der Waals surface area contributed by atoms with Crippen LogP contribution in [0.1, 0.15) is 21.7 Å². The van der Waals surface area contributed by atoms with Crippen LogP contribution in [0.2, 0.25) is 0 Å². The zero-order chi connectivity index (χ0) is 14.1. The number of nitrogens with zero attached hydrogens (tertiary/aromatic N) is 3. The van der Waals surface area contributed by atoms with Crippen molar-refractivity contribution in [2.45, 2.75) is 6.42 Å². The van der Waals surface area contributed by atoms with E-state index in [0.29, 0.717) is 29.9 Å². The number of nitrogens with one attached hydrogen (secondary N) is 1. The maximum absolute atomic E-state index is 12.0. The predicted molar refractivity (Wildman–Crippen MR) is 70.9 cm³/mol. The van der Waals surface area contributed by atoms with E-state index in [4.69, 9.17) is 10.00 Å². The van der Waals surface area contributed by atoms with Crippen LogP contribution in [0, 0.1) is 11.3 Å². The van der Waals surface area contributed by atoms with Gasteiger partial charge in [0, 0.05) is 12.1 Å². The van der Waals surface area contributed by atoms with Gasteiger partial charge in [0.05, 0.1) is 12.8 Å². The predicted octanol–water partition coefficient (Wildman–Crippen LogP) is 1.04. The molecule has 6 heteroatoms. The Balaban J connectivity index is 2.16. The van der Waals surface area contributed by atoms with Crippen LogP contribution in [0.15, 0.2) is 24.3 Å². The third-order valence-electron chi connectivity index (χ3n) is 3.28. The Kier molecular flexibility index (Phi) is 2.88. The number of fused-ring (bicyclic) bond motifs is 1. The lowest BCUT2D eigenvalue weighted by atomic mass is 10.1. The van der Waals surface area contributed by atoms with E-state index in [-0.39, 0.29) is 5.91 Å². The van der Waals surface area contributed by atoms with Gasteiger partial charge >= 0.3 is 0 Å². The standard InChI is InChI=1S/C14H12N4O2/c1-20-10-4-2-9(3-5-10)18-13-11(12(8-15)17-18)6-7-16-14(13)19/h2-5H,6-7H2,1H3,(H,16,19). The average molecular weight is 268 g/mol. The van der Waals surface area contributed by atoms with Crippen molar-refractivity contribution in [3.05, 3.63) is 41.2 Å². The molecule has 0 atom stereocenters. The Labute approximate surface area is 115 Å². The lowest BCUT2D eigenvalue weighted by Crippen LogP contribution is -2.33. The summed E-state index contributed by atoms with van der Waals surface area (Å²) in [4.78, 5) is 12.0. The van der Waals surface area contributed by atoms with Gasteiger partial charge in [-0.05, 0) is 30.7 Å². The third kappa shape index (κ3) is 1.80. The molecule has 1 aromatic heterocycles. The average Bonchev–Trinajstić information content (AvgIpc) is 2.87. The summed E-state index contributed by atoms with van der Waals surface area (Å²) in [7, 11) is 1.59. The van der Waals surface area contributed by atoms with Gasteiger partial charge in [0.2, 0.25) is 0 Å². The van der Waals surface area contributed by atoms with Crippen LogP contribution in [0.25, 0.3) is 5.69 Å². The van der Waals surface area contributed by atoms with Crippen molar-refractivity contribution in [1.29, 1.82) is 5.26 Å². The summed E-state index contributed by atoms with van der Waals surface area (Å²) in [5, 5.41) is 16.2. The summed E-state index contributed by atoms with van der Waals surface area (Å²) >= 11 is 0. The summed E-state index contributed by atoms with van der Waals surface area (Å²) in [6.45, 7) is 0.537. The molecule has 1 aliphatic rings. The van der Waals surface area contributed by atoms with Crippen molar-refractivity contribution >= 4 is 5.91 Å². The van der Waals surface area contributed by atoms with E-state index in [1.165, 1.54) is 4.68 Å². The number of hydrogen-bond donors (Lipinski definition) is 1. The van der Waals surface area contributed by atoms with E-state index in [0.717, 1.165) is 11.4 Å². The normalized spacial score (nSPS) is 13.3. The molecule has 0 unspecified atom stereocenters. The highest BCUT2D eigenvalue weighted by Crippen LogP contribution is 2.23. The summed E-state index contributed by atoms with van der Waals surface area (Å²) in [6.07, 6.45) is 0.625. The summed E-state index contributed by atoms with van der Waals surface area (Å²) in [6, 6.07) is 9.23. The molecule has 6 nitrogen and oxygen atoms in total. The monoisotopic (exact) mass is 268 g/mol. The molecule has 1 N–H and O–H groups in total. The van der Waals surface area contributed by atoms with Crippen molar-refractivity contribution in [3.63, 3.8) is 0 Å². The van der Waals surface area contributed by atoms with Crippen molar-refractivity contribution in [3.8, 4) is 17.5 Å². The fourth-order valence-electron chi connectivity index (χ4n) is 2.31. The number of benzene rings is 1. The van der Waals surface area contributed by atoms with Crippen LogP contribution in [0.3, 0.4) is 0 Å². The fraction of sp³-hybridized carbons (Fsp3) is 0.214. The lowest BCUT2D eigenvalue weighted by molar-refractivity contribution is 0.0938. The zero-order valence-corrected chi connectivity index (χ0v) is 10.9. The van der Waals surface area contributed by atoms with E-state index < -0.39 is 0 Å². The smallest absolute Gasteiger partial charge is 0.270 e. The second-order valence-corrected chi connectivity index (χ2v) is 4.40. The molecular formula is C14H12N4O2. The second kappa shape index (κ2) is 4.70. The minimum Gasteiger partial charge on any atom is -0.497 e. The lowest BCUT2D eigenvalue weighted by Gasteiger charge is -2.14. The van der Waals surface area contributed by atoms with E-state index >= 15 is 0 Å². The van der Waals surface area contributed by atoms with Gasteiger partial charge in [-0.1, -0.05) is 0 Å². The molecule has 100 valence electrons. The quantitative estimate of drug-likeness (QED) is 0.882. The molecular weight excluding hydrogens is 256 g/mol. The minimum absolute atomic E-state index is 0.198. The maximum Gasteiger partial charge on any atom is 0.270 e. The van der Waals surface area contributed by atoms with Crippen LogP contribution in [0.5, 0.6) is 5.75 Å². The number of amides is 1. The summed E-state index contributed by atoms with van der Waals surface area (Å²) < 4.78 is 6.62. The molecule has 0 saturated carbocycles. The number of rotatable bonds is 2. The molecule has 3 rings (SSSR count). The van der Waals surface area contributed by atoms with Gasteiger partial charge in [-0.3, -0.25) is 4.79 Å². The molecule has 1 aromatic carbocycles. The molecule has 0 fully saturated rings. The highest BCUT2D eigenvalue weighted by molar-refractivity contribution is 5.96. The van der Waals surface area contributed by atoms with E-state index in [9.17, 15) is 4.79 Å². The van der Waals surface area contributed by atoms with Crippen molar-refractivity contribution < 1.29 is 9.53 Å². The topological polar surface area (TPSA) is 79.9 Å². The highest BCUT2D eigenvalue weighted by atomic mass is 16.5. The Morgan fingerprint density at radius 3 is 2.80 bits per heavy atom. The first-order valence-electron chi connectivity index (χ1n) is 6.19. The van der Waals surface area contributed by atoms with Crippen molar-refractivity contribution in [2.24, 2.45) is 0 Å². The Morgan fingerprint density at radius 2 is 2.15 bits per heavy atom. The van der Waals surface area contributed by atoms with Crippen LogP contribution < -0.4 is 10.1 Å². The number of ether oxygens (including phenoxy) is 1. The SMILES string of the molecule is COc1ccc(-n2nc(C#N)c3c2C(=O)NCC3)cc1. The first-order chi connectivity index (χ1) is 9.74.